The van der Waals surface area contributed by atoms with Crippen molar-refractivity contribution in [3.63, 3.8) is 0 Å². The Hall–Kier alpha value is -3.43. The molecule has 0 fully saturated rings. The van der Waals surface area contributed by atoms with Gasteiger partial charge >= 0.3 is 0 Å². The molecule has 3 aromatic rings. The van der Waals surface area contributed by atoms with Gasteiger partial charge in [-0.2, -0.15) is 0 Å². The lowest BCUT2D eigenvalue weighted by Crippen LogP contribution is -2.30. The highest BCUT2D eigenvalue weighted by Crippen LogP contribution is 2.21. The predicted octanol–water partition coefficient (Wildman–Crippen LogP) is 8.55. The molecule has 0 saturated carbocycles. The van der Waals surface area contributed by atoms with E-state index in [2.05, 4.69) is 187 Å². The van der Waals surface area contributed by atoms with Crippen LogP contribution in [-0.2, 0) is 6.54 Å². The zero-order valence-corrected chi connectivity index (χ0v) is 34.3. The quantitative estimate of drug-likeness (QED) is 0.0545. The molecule has 8 heteroatoms. The molecule has 280 valence electrons. The van der Waals surface area contributed by atoms with Crippen molar-refractivity contribution >= 4 is 51.2 Å². The van der Waals surface area contributed by atoms with Crippen molar-refractivity contribution in [3.05, 3.63) is 120 Å². The number of aryl methyl sites for hydroxylation is 1. The molecular weight excluding hydrogens is 677 g/mol. The minimum Gasteiger partial charge on any atom is -0.375 e. The average molecular weight is 740 g/mol. The Morgan fingerprint density at radius 2 is 1.10 bits per heavy atom. The van der Waals surface area contributed by atoms with Gasteiger partial charge in [-0.3, -0.25) is 0 Å². The third-order valence-corrected chi connectivity index (χ3v) is 12.0. The number of rotatable bonds is 23. The highest BCUT2D eigenvalue weighted by molar-refractivity contribution is 8.76. The zero-order chi connectivity index (χ0) is 37.0. The first-order chi connectivity index (χ1) is 25.3. The molecular formula is C44H63N6S2+. The van der Waals surface area contributed by atoms with Gasteiger partial charge in [-0.25, -0.2) is 4.57 Å². The van der Waals surface area contributed by atoms with Gasteiger partial charge in [0.1, 0.15) is 6.54 Å². The molecule has 0 radical (unpaired) electrons. The molecule has 2 heterocycles. The summed E-state index contributed by atoms with van der Waals surface area (Å²) in [5.41, 5.74) is 7.52. The monoisotopic (exact) mass is 739 g/mol. The van der Waals surface area contributed by atoms with E-state index >= 15 is 0 Å². The lowest BCUT2D eigenvalue weighted by molar-refractivity contribution is -0.693. The fourth-order valence-electron chi connectivity index (χ4n) is 5.90. The summed E-state index contributed by atoms with van der Waals surface area (Å²) in [6.45, 7) is 14.0. The van der Waals surface area contributed by atoms with Crippen molar-refractivity contribution in [1.29, 1.82) is 0 Å². The second kappa shape index (κ2) is 23.3. The maximum Gasteiger partial charge on any atom is 0.169 e. The molecule has 2 aromatic carbocycles. The molecule has 0 aliphatic carbocycles. The molecule has 1 aromatic heterocycles. The molecule has 1 aliphatic heterocycles. The SMILES string of the molecule is CCN1C=CC(/C=C/c2ccc(N(C)CCCN(C)CCSSCCN(C)CCCN(C)c3ccc(/C=C/c4cc[n+](CC)cc4)cc3)cc2)=CC1. The Morgan fingerprint density at radius 3 is 1.54 bits per heavy atom. The van der Waals surface area contributed by atoms with Crippen LogP contribution in [0.15, 0.2) is 103 Å². The topological polar surface area (TPSA) is 20.1 Å². The van der Waals surface area contributed by atoms with Crippen LogP contribution in [0.25, 0.3) is 18.2 Å². The second-order valence-corrected chi connectivity index (χ2v) is 16.4. The maximum atomic E-state index is 2.47. The van der Waals surface area contributed by atoms with Gasteiger partial charge in [-0.05, 0) is 113 Å². The van der Waals surface area contributed by atoms with Gasteiger partial charge in [-0.1, -0.05) is 76.2 Å². The summed E-state index contributed by atoms with van der Waals surface area (Å²) in [6, 6.07) is 22.1. The summed E-state index contributed by atoms with van der Waals surface area (Å²) in [4.78, 5) is 12.0. The number of allylic oxidation sites excluding steroid dienone is 3. The number of nitrogens with zero attached hydrogens (tertiary/aromatic N) is 6. The van der Waals surface area contributed by atoms with Gasteiger partial charge in [0.25, 0.3) is 0 Å². The molecule has 52 heavy (non-hydrogen) atoms. The van der Waals surface area contributed by atoms with Crippen LogP contribution in [0.2, 0.25) is 0 Å². The standard InChI is InChI=1S/C44H63N6S2/c1-7-49-31-23-41(24-32-49)13-11-39-15-19-43(20-16-39)47(5)29-9-27-45(3)35-37-51-52-38-36-46(4)28-10-30-48(6)44-21-17-40(18-22-44)12-14-42-25-33-50(8-2)34-26-42/h11-26,31-33H,7-10,27-30,34-38H2,1-6H3/q+1/b14-12+. The van der Waals surface area contributed by atoms with Crippen LogP contribution < -0.4 is 14.4 Å². The summed E-state index contributed by atoms with van der Waals surface area (Å²) in [6.07, 6.45) is 22.0. The van der Waals surface area contributed by atoms with E-state index in [1.807, 2.05) is 21.6 Å². The Labute approximate surface area is 324 Å². The van der Waals surface area contributed by atoms with Crippen molar-refractivity contribution in [1.82, 2.24) is 14.7 Å². The van der Waals surface area contributed by atoms with Crippen LogP contribution in [0.1, 0.15) is 43.4 Å². The van der Waals surface area contributed by atoms with Crippen LogP contribution in [0.4, 0.5) is 11.4 Å². The van der Waals surface area contributed by atoms with Crippen molar-refractivity contribution in [2.45, 2.75) is 33.2 Å². The first kappa shape index (κ1) is 41.3. The Balaban J connectivity index is 0.993. The summed E-state index contributed by atoms with van der Waals surface area (Å²) < 4.78 is 2.18. The van der Waals surface area contributed by atoms with Crippen LogP contribution in [-0.4, -0.2) is 107 Å². The summed E-state index contributed by atoms with van der Waals surface area (Å²) in [7, 11) is 12.9. The molecule has 0 saturated heterocycles. The Kier molecular flexibility index (Phi) is 18.5. The average Bonchev–Trinajstić information content (AvgIpc) is 3.18. The van der Waals surface area contributed by atoms with Crippen molar-refractivity contribution in [2.24, 2.45) is 0 Å². The van der Waals surface area contributed by atoms with Crippen LogP contribution in [0, 0.1) is 0 Å². The largest absolute Gasteiger partial charge is 0.375 e. The fraction of sp³-hybridized carbons (Fsp3) is 0.432. The van der Waals surface area contributed by atoms with E-state index in [1.165, 1.54) is 51.6 Å². The second-order valence-electron chi connectivity index (χ2n) is 13.7. The Morgan fingerprint density at radius 1 is 0.615 bits per heavy atom. The molecule has 4 rings (SSSR count). The van der Waals surface area contributed by atoms with Gasteiger partial charge < -0.3 is 24.5 Å². The smallest absolute Gasteiger partial charge is 0.169 e. The minimum atomic E-state index is 0.993. The molecule has 1 aliphatic rings. The number of anilines is 2. The lowest BCUT2D eigenvalue weighted by atomic mass is 10.1. The molecule has 0 N–H and O–H groups in total. The lowest BCUT2D eigenvalue weighted by Gasteiger charge is -2.22. The zero-order valence-electron chi connectivity index (χ0n) is 32.7. The van der Waals surface area contributed by atoms with E-state index in [0.717, 1.165) is 65.3 Å². The van der Waals surface area contributed by atoms with E-state index in [1.54, 1.807) is 0 Å². The third kappa shape index (κ3) is 15.3. The van der Waals surface area contributed by atoms with Crippen LogP contribution in [0.5, 0.6) is 0 Å². The van der Waals surface area contributed by atoms with E-state index in [0.29, 0.717) is 0 Å². The van der Waals surface area contributed by atoms with Gasteiger partial charge in [0.05, 0.1) is 0 Å². The molecule has 0 bridgehead atoms. The highest BCUT2D eigenvalue weighted by Gasteiger charge is 2.06. The van der Waals surface area contributed by atoms with Gasteiger partial charge in [0.15, 0.2) is 12.4 Å². The van der Waals surface area contributed by atoms with Crippen LogP contribution >= 0.6 is 21.6 Å². The number of aromatic nitrogens is 1. The number of pyridine rings is 1. The van der Waals surface area contributed by atoms with Gasteiger partial charge in [0.2, 0.25) is 0 Å². The van der Waals surface area contributed by atoms with Crippen LogP contribution in [0.3, 0.4) is 0 Å². The van der Waals surface area contributed by atoms with E-state index in [-0.39, 0.29) is 0 Å². The normalized spacial score (nSPS) is 13.2. The van der Waals surface area contributed by atoms with Gasteiger partial charge in [0, 0.05) is 88.4 Å². The number of hydrogen-bond acceptors (Lipinski definition) is 7. The Bertz CT molecular complexity index is 1550. The van der Waals surface area contributed by atoms with Crippen molar-refractivity contribution in [3.8, 4) is 0 Å². The molecule has 0 unspecified atom stereocenters. The summed E-state index contributed by atoms with van der Waals surface area (Å²) in [5, 5.41) is 0. The molecule has 0 atom stereocenters. The van der Waals surface area contributed by atoms with Crippen molar-refractivity contribution < 1.29 is 4.57 Å². The first-order valence-corrected chi connectivity index (χ1v) is 21.5. The maximum absolute atomic E-state index is 2.47. The fourth-order valence-corrected chi connectivity index (χ4v) is 8.06. The first-order valence-electron chi connectivity index (χ1n) is 19.0. The minimum absolute atomic E-state index is 0.993. The molecule has 0 amide bonds. The highest BCUT2D eigenvalue weighted by atomic mass is 33.1. The van der Waals surface area contributed by atoms with E-state index in [4.69, 9.17) is 0 Å². The number of hydrogen-bond donors (Lipinski definition) is 0. The number of benzene rings is 2. The summed E-state index contributed by atoms with van der Waals surface area (Å²) in [5.74, 6) is 2.34. The molecule has 0 spiro atoms. The number of likely N-dealkylation sites (N-methyl/N-ethyl adjacent to an activating group) is 1. The molecule has 6 nitrogen and oxygen atoms in total. The summed E-state index contributed by atoms with van der Waals surface area (Å²) >= 11 is 0. The van der Waals surface area contributed by atoms with Crippen molar-refractivity contribution in [2.75, 3.05) is 102 Å². The third-order valence-electron chi connectivity index (χ3n) is 9.59. The predicted molar refractivity (Wildman–Crippen MR) is 233 cm³/mol. The van der Waals surface area contributed by atoms with E-state index in [9.17, 15) is 0 Å². The van der Waals surface area contributed by atoms with E-state index < -0.39 is 0 Å². The van der Waals surface area contributed by atoms with Gasteiger partial charge in [-0.15, -0.1) is 0 Å².